The molecule has 28 heavy (non-hydrogen) atoms. The van der Waals surface area contributed by atoms with Gasteiger partial charge in [-0.25, -0.2) is 0 Å². The SMILES string of the molecule is COCc1cncc(C(=O)N2CCCN(C(=O)CCc3ccccc3)CC2)c1. The van der Waals surface area contributed by atoms with E-state index in [1.54, 1.807) is 19.5 Å². The van der Waals surface area contributed by atoms with Gasteiger partial charge < -0.3 is 14.5 Å². The van der Waals surface area contributed by atoms with Crippen molar-refractivity contribution in [3.8, 4) is 0 Å². The second-order valence-corrected chi connectivity index (χ2v) is 7.03. The highest BCUT2D eigenvalue weighted by Gasteiger charge is 2.23. The second-order valence-electron chi connectivity index (χ2n) is 7.03. The molecule has 2 heterocycles. The van der Waals surface area contributed by atoms with Gasteiger partial charge in [0.05, 0.1) is 12.2 Å². The molecule has 1 aromatic heterocycles. The molecule has 0 aliphatic carbocycles. The van der Waals surface area contributed by atoms with E-state index in [0.29, 0.717) is 44.8 Å². The minimum absolute atomic E-state index is 0.0379. The zero-order chi connectivity index (χ0) is 19.8. The van der Waals surface area contributed by atoms with Crippen LogP contribution in [0.1, 0.15) is 34.3 Å². The molecule has 0 unspecified atom stereocenters. The molecular weight excluding hydrogens is 354 g/mol. The highest BCUT2D eigenvalue weighted by atomic mass is 16.5. The van der Waals surface area contributed by atoms with E-state index in [-0.39, 0.29) is 11.8 Å². The number of aryl methyl sites for hydroxylation is 1. The van der Waals surface area contributed by atoms with Gasteiger partial charge in [-0.3, -0.25) is 14.6 Å². The van der Waals surface area contributed by atoms with Gasteiger partial charge in [0.2, 0.25) is 5.91 Å². The average molecular weight is 381 g/mol. The summed E-state index contributed by atoms with van der Waals surface area (Å²) in [5, 5.41) is 0. The molecule has 1 fully saturated rings. The molecule has 1 aliphatic rings. The number of ether oxygens (including phenoxy) is 1. The van der Waals surface area contributed by atoms with Gasteiger partial charge in [0.25, 0.3) is 5.91 Å². The lowest BCUT2D eigenvalue weighted by Crippen LogP contribution is -2.37. The maximum absolute atomic E-state index is 12.8. The lowest BCUT2D eigenvalue weighted by Gasteiger charge is -2.22. The predicted molar refractivity (Wildman–Crippen MR) is 107 cm³/mol. The van der Waals surface area contributed by atoms with Gasteiger partial charge in [0.1, 0.15) is 0 Å². The van der Waals surface area contributed by atoms with Gasteiger partial charge in [0, 0.05) is 52.1 Å². The molecule has 0 spiro atoms. The van der Waals surface area contributed by atoms with Crippen molar-refractivity contribution in [3.05, 3.63) is 65.5 Å². The van der Waals surface area contributed by atoms with Crippen molar-refractivity contribution >= 4 is 11.8 Å². The van der Waals surface area contributed by atoms with Crippen LogP contribution in [0.3, 0.4) is 0 Å². The van der Waals surface area contributed by atoms with E-state index in [0.717, 1.165) is 18.4 Å². The van der Waals surface area contributed by atoms with Crippen molar-refractivity contribution in [2.45, 2.75) is 25.9 Å². The van der Waals surface area contributed by atoms with Crippen molar-refractivity contribution in [2.24, 2.45) is 0 Å². The molecule has 1 saturated heterocycles. The first-order chi connectivity index (χ1) is 13.7. The molecule has 3 rings (SSSR count). The number of rotatable bonds is 6. The Balaban J connectivity index is 1.54. The zero-order valence-electron chi connectivity index (χ0n) is 16.3. The molecular formula is C22H27N3O3. The van der Waals surface area contributed by atoms with E-state index >= 15 is 0 Å². The van der Waals surface area contributed by atoms with Crippen LogP contribution in [-0.4, -0.2) is 59.9 Å². The first kappa shape index (κ1) is 20.0. The molecule has 148 valence electrons. The number of hydrogen-bond acceptors (Lipinski definition) is 4. The van der Waals surface area contributed by atoms with Crippen LogP contribution < -0.4 is 0 Å². The van der Waals surface area contributed by atoms with E-state index in [1.165, 1.54) is 5.56 Å². The summed E-state index contributed by atoms with van der Waals surface area (Å²) in [5.41, 5.74) is 2.62. The Labute approximate surface area is 166 Å². The number of methoxy groups -OCH3 is 1. The molecule has 6 nitrogen and oxygen atoms in total. The Morgan fingerprint density at radius 2 is 1.75 bits per heavy atom. The first-order valence-electron chi connectivity index (χ1n) is 9.71. The van der Waals surface area contributed by atoms with Crippen LogP contribution in [0.4, 0.5) is 0 Å². The molecule has 0 atom stereocenters. The normalized spacial score (nSPS) is 14.6. The highest BCUT2D eigenvalue weighted by molar-refractivity contribution is 5.94. The van der Waals surface area contributed by atoms with E-state index in [9.17, 15) is 9.59 Å². The van der Waals surface area contributed by atoms with Crippen LogP contribution in [-0.2, 0) is 22.6 Å². The number of carbonyl (C=O) groups excluding carboxylic acids is 2. The van der Waals surface area contributed by atoms with Crippen molar-refractivity contribution in [1.82, 2.24) is 14.8 Å². The van der Waals surface area contributed by atoms with E-state index < -0.39 is 0 Å². The molecule has 0 N–H and O–H groups in total. The minimum Gasteiger partial charge on any atom is -0.380 e. The lowest BCUT2D eigenvalue weighted by atomic mass is 10.1. The van der Waals surface area contributed by atoms with E-state index in [1.807, 2.05) is 46.2 Å². The average Bonchev–Trinajstić information content (AvgIpc) is 2.99. The monoisotopic (exact) mass is 381 g/mol. The first-order valence-corrected chi connectivity index (χ1v) is 9.71. The Hall–Kier alpha value is -2.73. The third kappa shape index (κ3) is 5.39. The molecule has 2 amide bonds. The number of benzene rings is 1. The van der Waals surface area contributed by atoms with E-state index in [2.05, 4.69) is 4.98 Å². The fourth-order valence-electron chi connectivity index (χ4n) is 3.46. The molecule has 6 heteroatoms. The quantitative estimate of drug-likeness (QED) is 0.771. The number of hydrogen-bond donors (Lipinski definition) is 0. The van der Waals surface area contributed by atoms with Crippen LogP contribution in [0.25, 0.3) is 0 Å². The summed E-state index contributed by atoms with van der Waals surface area (Å²) in [6.07, 6.45) is 5.33. The summed E-state index contributed by atoms with van der Waals surface area (Å²) in [7, 11) is 1.62. The predicted octanol–water partition coefficient (Wildman–Crippen LogP) is 2.54. The van der Waals surface area contributed by atoms with Crippen LogP contribution >= 0.6 is 0 Å². The Kier molecular flexibility index (Phi) is 7.14. The Morgan fingerprint density at radius 3 is 2.54 bits per heavy atom. The number of pyridine rings is 1. The van der Waals surface area contributed by atoms with E-state index in [4.69, 9.17) is 4.74 Å². The number of nitrogens with zero attached hydrogens (tertiary/aromatic N) is 3. The summed E-state index contributed by atoms with van der Waals surface area (Å²) in [6.45, 7) is 2.89. The number of aromatic nitrogens is 1. The number of amides is 2. The molecule has 0 saturated carbocycles. The Morgan fingerprint density at radius 1 is 1.00 bits per heavy atom. The maximum Gasteiger partial charge on any atom is 0.255 e. The summed E-state index contributed by atoms with van der Waals surface area (Å²) < 4.78 is 5.11. The summed E-state index contributed by atoms with van der Waals surface area (Å²) >= 11 is 0. The minimum atomic E-state index is -0.0379. The van der Waals surface area contributed by atoms with Crippen molar-refractivity contribution in [1.29, 1.82) is 0 Å². The van der Waals surface area contributed by atoms with Gasteiger partial charge >= 0.3 is 0 Å². The fourth-order valence-corrected chi connectivity index (χ4v) is 3.46. The van der Waals surface area contributed by atoms with Crippen LogP contribution in [0.2, 0.25) is 0 Å². The van der Waals surface area contributed by atoms with Crippen LogP contribution in [0.5, 0.6) is 0 Å². The third-order valence-corrected chi connectivity index (χ3v) is 4.96. The van der Waals surface area contributed by atoms with Crippen LogP contribution in [0, 0.1) is 0 Å². The third-order valence-electron chi connectivity index (χ3n) is 4.96. The lowest BCUT2D eigenvalue weighted by molar-refractivity contribution is -0.131. The van der Waals surface area contributed by atoms with Crippen molar-refractivity contribution < 1.29 is 14.3 Å². The maximum atomic E-state index is 12.8. The molecule has 0 bridgehead atoms. The van der Waals surface area contributed by atoms with Crippen molar-refractivity contribution in [2.75, 3.05) is 33.3 Å². The summed E-state index contributed by atoms with van der Waals surface area (Å²) in [5.74, 6) is 0.117. The molecule has 1 aliphatic heterocycles. The van der Waals surface area contributed by atoms with Crippen LogP contribution in [0.15, 0.2) is 48.8 Å². The van der Waals surface area contributed by atoms with Gasteiger partial charge in [-0.05, 0) is 30.0 Å². The molecule has 2 aromatic rings. The smallest absolute Gasteiger partial charge is 0.255 e. The Bertz CT molecular complexity index is 795. The summed E-state index contributed by atoms with van der Waals surface area (Å²) in [6, 6.07) is 11.9. The van der Waals surface area contributed by atoms with Gasteiger partial charge in [-0.2, -0.15) is 0 Å². The van der Waals surface area contributed by atoms with Gasteiger partial charge in [-0.1, -0.05) is 30.3 Å². The second kappa shape index (κ2) is 9.99. The zero-order valence-corrected chi connectivity index (χ0v) is 16.3. The molecule has 1 aromatic carbocycles. The van der Waals surface area contributed by atoms with Gasteiger partial charge in [0.15, 0.2) is 0 Å². The fraction of sp³-hybridized carbons (Fsp3) is 0.409. The van der Waals surface area contributed by atoms with Crippen molar-refractivity contribution in [3.63, 3.8) is 0 Å². The summed E-state index contributed by atoms with van der Waals surface area (Å²) in [4.78, 5) is 33.3. The largest absolute Gasteiger partial charge is 0.380 e. The highest BCUT2D eigenvalue weighted by Crippen LogP contribution is 2.12. The number of carbonyl (C=O) groups is 2. The standard InChI is InChI=1S/C22H27N3O3/c1-28-17-19-14-20(16-23-15-19)22(27)25-11-5-10-24(12-13-25)21(26)9-8-18-6-3-2-4-7-18/h2-4,6-7,14-16H,5,8-13,17H2,1H3. The topological polar surface area (TPSA) is 62.7 Å². The molecule has 0 radical (unpaired) electrons. The van der Waals surface area contributed by atoms with Gasteiger partial charge in [-0.15, -0.1) is 0 Å².